The van der Waals surface area contributed by atoms with Gasteiger partial charge in [-0.25, -0.2) is 0 Å². The van der Waals surface area contributed by atoms with Crippen LogP contribution in [0, 0.1) is 0 Å². The maximum Gasteiger partial charge on any atom is 0.219 e. The number of benzene rings is 1. The Hall–Kier alpha value is -0.540. The van der Waals surface area contributed by atoms with Crippen LogP contribution < -0.4 is 5.32 Å². The molecule has 0 fully saturated rings. The van der Waals surface area contributed by atoms with E-state index >= 15 is 0 Å². The van der Waals surface area contributed by atoms with Crippen molar-refractivity contribution in [1.29, 1.82) is 0 Å². The number of nitrogens with one attached hydrogen (secondary N) is 1. The van der Waals surface area contributed by atoms with Crippen molar-refractivity contribution in [1.82, 2.24) is 5.32 Å². The van der Waals surface area contributed by atoms with E-state index in [4.69, 9.17) is 11.6 Å². The lowest BCUT2D eigenvalue weighted by Gasteiger charge is -2.04. The monoisotopic (exact) mass is 275 g/mol. The van der Waals surface area contributed by atoms with Crippen molar-refractivity contribution in [2.45, 2.75) is 19.9 Å². The molecule has 1 aromatic carbocycles. The Bertz CT molecular complexity index is 341. The zero-order valence-electron chi connectivity index (χ0n) is 7.81. The molecule has 1 aromatic rings. The van der Waals surface area contributed by atoms with Crippen LogP contribution in [0.3, 0.4) is 0 Å². The average Bonchev–Trinajstić information content (AvgIpc) is 2.19. The first-order chi connectivity index (χ1) is 6.63. The second-order valence-electron chi connectivity index (χ2n) is 2.88. The molecule has 76 valence electrons. The van der Waals surface area contributed by atoms with E-state index in [0.717, 1.165) is 10.0 Å². The third-order valence-corrected chi connectivity index (χ3v) is 3.03. The smallest absolute Gasteiger partial charge is 0.219 e. The van der Waals surface area contributed by atoms with Gasteiger partial charge in [0.1, 0.15) is 0 Å². The van der Waals surface area contributed by atoms with Gasteiger partial charge < -0.3 is 5.32 Å². The van der Waals surface area contributed by atoms with Crippen LogP contribution in [-0.4, -0.2) is 5.91 Å². The van der Waals surface area contributed by atoms with Crippen molar-refractivity contribution >= 4 is 33.4 Å². The summed E-state index contributed by atoms with van der Waals surface area (Å²) < 4.78 is 0.865. The predicted molar refractivity (Wildman–Crippen MR) is 61.3 cm³/mol. The molecule has 0 spiro atoms. The van der Waals surface area contributed by atoms with Crippen LogP contribution in [0.15, 0.2) is 22.7 Å². The van der Waals surface area contributed by atoms with E-state index in [-0.39, 0.29) is 5.91 Å². The molecule has 1 N–H and O–H groups in total. The Labute approximate surface area is 96.8 Å². The van der Waals surface area contributed by atoms with Crippen molar-refractivity contribution in [3.05, 3.63) is 33.3 Å². The van der Waals surface area contributed by atoms with Crippen LogP contribution in [0.4, 0.5) is 0 Å². The third-order valence-electron chi connectivity index (χ3n) is 1.79. The van der Waals surface area contributed by atoms with Crippen molar-refractivity contribution < 1.29 is 4.79 Å². The summed E-state index contributed by atoms with van der Waals surface area (Å²) in [5.74, 6) is 0.0454. The number of carbonyl (C=O) groups is 1. The summed E-state index contributed by atoms with van der Waals surface area (Å²) in [6.45, 7) is 2.35. The molecular weight excluding hydrogens is 265 g/mol. The number of rotatable bonds is 3. The SMILES string of the molecule is CCC(=O)NCc1ccc(Br)c(Cl)c1. The van der Waals surface area contributed by atoms with Crippen LogP contribution >= 0.6 is 27.5 Å². The third kappa shape index (κ3) is 3.31. The maximum atomic E-state index is 11.0. The van der Waals surface area contributed by atoms with E-state index in [0.29, 0.717) is 18.0 Å². The summed E-state index contributed by atoms with van der Waals surface area (Å²) in [4.78, 5) is 11.0. The minimum atomic E-state index is 0.0454. The summed E-state index contributed by atoms with van der Waals surface area (Å²) in [5, 5.41) is 3.44. The van der Waals surface area contributed by atoms with Gasteiger partial charge >= 0.3 is 0 Å². The van der Waals surface area contributed by atoms with Gasteiger partial charge in [-0.1, -0.05) is 24.6 Å². The number of halogens is 2. The van der Waals surface area contributed by atoms with Gasteiger partial charge in [-0.2, -0.15) is 0 Å². The van der Waals surface area contributed by atoms with Crippen molar-refractivity contribution in [3.8, 4) is 0 Å². The Morgan fingerprint density at radius 3 is 2.86 bits per heavy atom. The average molecular weight is 277 g/mol. The minimum Gasteiger partial charge on any atom is -0.352 e. The summed E-state index contributed by atoms with van der Waals surface area (Å²) >= 11 is 9.21. The Kier molecular flexibility index (Phi) is 4.42. The van der Waals surface area contributed by atoms with Crippen LogP contribution in [0.1, 0.15) is 18.9 Å². The summed E-state index contributed by atoms with van der Waals surface area (Å²) in [6.07, 6.45) is 0.504. The van der Waals surface area contributed by atoms with Crippen LogP contribution in [0.25, 0.3) is 0 Å². The predicted octanol–water partition coefficient (Wildman–Crippen LogP) is 3.13. The number of amides is 1. The molecule has 0 bridgehead atoms. The second-order valence-corrected chi connectivity index (χ2v) is 4.14. The fraction of sp³-hybridized carbons (Fsp3) is 0.300. The van der Waals surface area contributed by atoms with E-state index in [1.807, 2.05) is 25.1 Å². The molecule has 4 heteroatoms. The molecule has 14 heavy (non-hydrogen) atoms. The lowest BCUT2D eigenvalue weighted by Crippen LogP contribution is -2.21. The zero-order chi connectivity index (χ0) is 10.6. The molecule has 2 nitrogen and oxygen atoms in total. The fourth-order valence-corrected chi connectivity index (χ4v) is 1.43. The first-order valence-electron chi connectivity index (χ1n) is 4.34. The van der Waals surface area contributed by atoms with Crippen LogP contribution in [0.5, 0.6) is 0 Å². The lowest BCUT2D eigenvalue weighted by atomic mass is 10.2. The highest BCUT2D eigenvalue weighted by atomic mass is 79.9. The minimum absolute atomic E-state index is 0.0454. The molecule has 0 aromatic heterocycles. The Morgan fingerprint density at radius 1 is 1.57 bits per heavy atom. The number of carbonyl (C=O) groups excluding carboxylic acids is 1. The number of hydrogen-bond donors (Lipinski definition) is 1. The van der Waals surface area contributed by atoms with E-state index in [1.165, 1.54) is 0 Å². The van der Waals surface area contributed by atoms with Gasteiger partial charge in [-0.3, -0.25) is 4.79 Å². The second kappa shape index (κ2) is 5.37. The normalized spacial score (nSPS) is 9.93. The highest BCUT2D eigenvalue weighted by molar-refractivity contribution is 9.10. The quantitative estimate of drug-likeness (QED) is 0.903. The highest BCUT2D eigenvalue weighted by Gasteiger charge is 2.00. The fourth-order valence-electron chi connectivity index (χ4n) is 0.975. The Morgan fingerprint density at radius 2 is 2.29 bits per heavy atom. The van der Waals surface area contributed by atoms with Crippen LogP contribution in [0.2, 0.25) is 5.02 Å². The molecular formula is C10H11BrClNO. The summed E-state index contributed by atoms with van der Waals surface area (Å²) in [6, 6.07) is 5.63. The zero-order valence-corrected chi connectivity index (χ0v) is 10.2. The van der Waals surface area contributed by atoms with Gasteiger partial charge in [0.2, 0.25) is 5.91 Å². The standard InChI is InChI=1S/C10H11BrClNO/c1-2-10(14)13-6-7-3-4-8(11)9(12)5-7/h3-5H,2,6H2,1H3,(H,13,14). The van der Waals surface area contributed by atoms with Gasteiger partial charge in [-0.15, -0.1) is 0 Å². The molecule has 0 radical (unpaired) electrons. The van der Waals surface area contributed by atoms with E-state index in [9.17, 15) is 4.79 Å². The van der Waals surface area contributed by atoms with Gasteiger partial charge in [0.05, 0.1) is 5.02 Å². The van der Waals surface area contributed by atoms with Gasteiger partial charge in [0.15, 0.2) is 0 Å². The summed E-state index contributed by atoms with van der Waals surface area (Å²) in [5.41, 5.74) is 1.00. The molecule has 0 heterocycles. The van der Waals surface area contributed by atoms with E-state index in [2.05, 4.69) is 21.2 Å². The molecule has 0 saturated carbocycles. The Balaban J connectivity index is 2.60. The molecule has 1 amide bonds. The first-order valence-corrected chi connectivity index (χ1v) is 5.51. The molecule has 1 rings (SSSR count). The van der Waals surface area contributed by atoms with Gasteiger partial charge in [0, 0.05) is 17.4 Å². The maximum absolute atomic E-state index is 11.0. The molecule has 0 unspecified atom stereocenters. The van der Waals surface area contributed by atoms with Crippen molar-refractivity contribution in [2.24, 2.45) is 0 Å². The molecule has 0 aliphatic carbocycles. The largest absolute Gasteiger partial charge is 0.352 e. The molecule has 0 atom stereocenters. The lowest BCUT2D eigenvalue weighted by molar-refractivity contribution is -0.120. The molecule has 0 saturated heterocycles. The summed E-state index contributed by atoms with van der Waals surface area (Å²) in [7, 11) is 0. The van der Waals surface area contributed by atoms with Gasteiger partial charge in [-0.05, 0) is 33.6 Å². The van der Waals surface area contributed by atoms with E-state index in [1.54, 1.807) is 0 Å². The van der Waals surface area contributed by atoms with Crippen molar-refractivity contribution in [3.63, 3.8) is 0 Å². The highest BCUT2D eigenvalue weighted by Crippen LogP contribution is 2.22. The van der Waals surface area contributed by atoms with Crippen molar-refractivity contribution in [2.75, 3.05) is 0 Å². The molecule has 0 aliphatic heterocycles. The first kappa shape index (κ1) is 11.5. The number of hydrogen-bond acceptors (Lipinski definition) is 1. The topological polar surface area (TPSA) is 29.1 Å². The van der Waals surface area contributed by atoms with Gasteiger partial charge in [0.25, 0.3) is 0 Å². The molecule has 0 aliphatic rings. The van der Waals surface area contributed by atoms with E-state index < -0.39 is 0 Å². The van der Waals surface area contributed by atoms with Crippen LogP contribution in [-0.2, 0) is 11.3 Å².